The van der Waals surface area contributed by atoms with Crippen molar-refractivity contribution in [3.05, 3.63) is 18.2 Å². The number of unbranched alkanes of at least 4 members (excludes halogenated alkanes) is 1. The summed E-state index contributed by atoms with van der Waals surface area (Å²) in [5.74, 6) is 3.13. The molecule has 1 aromatic carbocycles. The van der Waals surface area contributed by atoms with Crippen molar-refractivity contribution in [1.82, 2.24) is 5.32 Å². The zero-order chi connectivity index (χ0) is 22.3. The molecule has 0 aromatic heterocycles. The van der Waals surface area contributed by atoms with Crippen molar-refractivity contribution in [1.29, 1.82) is 0 Å². The van der Waals surface area contributed by atoms with Gasteiger partial charge in [-0.15, -0.1) is 24.0 Å². The quantitative estimate of drug-likeness (QED) is 0.141. The molecular weight excluding hydrogens is 537 g/mol. The minimum atomic E-state index is 0. The Morgan fingerprint density at radius 3 is 2.64 bits per heavy atom. The maximum absolute atomic E-state index is 5.81. The zero-order valence-corrected chi connectivity index (χ0v) is 22.1. The van der Waals surface area contributed by atoms with Gasteiger partial charge in [0.15, 0.2) is 17.5 Å². The number of anilines is 1. The van der Waals surface area contributed by atoms with Gasteiger partial charge in [-0.1, -0.05) is 0 Å². The number of nitrogens with one attached hydrogen (secondary N) is 2. The van der Waals surface area contributed by atoms with E-state index in [1.165, 1.54) is 12.8 Å². The summed E-state index contributed by atoms with van der Waals surface area (Å²) in [5, 5.41) is 6.83. The van der Waals surface area contributed by atoms with Gasteiger partial charge in [-0.25, -0.2) is 0 Å². The molecule has 33 heavy (non-hydrogen) atoms. The molecule has 2 aliphatic rings. The van der Waals surface area contributed by atoms with Gasteiger partial charge in [-0.3, -0.25) is 4.99 Å². The lowest BCUT2D eigenvalue weighted by molar-refractivity contribution is 0.0689. The number of benzene rings is 1. The molecule has 0 spiro atoms. The third-order valence-corrected chi connectivity index (χ3v) is 5.22. The number of aliphatic imine (C=N–C) groups is 1. The molecule has 8 nitrogen and oxygen atoms in total. The lowest BCUT2D eigenvalue weighted by Crippen LogP contribution is -2.32. The molecular formula is C24H40IN3O5. The maximum atomic E-state index is 5.81. The Kier molecular flexibility index (Phi) is 14.5. The second-order valence-corrected chi connectivity index (χ2v) is 8.18. The van der Waals surface area contributed by atoms with E-state index in [9.17, 15) is 0 Å². The Morgan fingerprint density at radius 2 is 1.82 bits per heavy atom. The monoisotopic (exact) mass is 577 g/mol. The predicted molar refractivity (Wildman–Crippen MR) is 141 cm³/mol. The fourth-order valence-corrected chi connectivity index (χ4v) is 3.19. The fraction of sp³-hybridized carbons (Fsp3) is 0.708. The summed E-state index contributed by atoms with van der Waals surface area (Å²) in [6.45, 7) is 6.57. The lowest BCUT2D eigenvalue weighted by Gasteiger charge is -2.15. The van der Waals surface area contributed by atoms with E-state index in [1.54, 1.807) is 7.11 Å². The first-order chi connectivity index (χ1) is 15.8. The standard InChI is InChI=1S/C24H39N3O5.HI/c1-28-16-17-29-12-3-2-10-25-24(26-11-4-13-30-19-20-6-7-20)27-21-8-9-22-23(18-21)32-15-5-14-31-22;/h8-9,18,20H,2-7,10-17,19H2,1H3,(H2,25,26,27);1H. The molecule has 188 valence electrons. The van der Waals surface area contributed by atoms with Crippen LogP contribution in [0.5, 0.6) is 11.5 Å². The predicted octanol–water partition coefficient (Wildman–Crippen LogP) is 4.08. The minimum Gasteiger partial charge on any atom is -0.490 e. The molecule has 0 bridgehead atoms. The Bertz CT molecular complexity index is 688. The van der Waals surface area contributed by atoms with Crippen molar-refractivity contribution in [2.24, 2.45) is 10.9 Å². The summed E-state index contributed by atoms with van der Waals surface area (Å²) < 4.78 is 27.8. The first kappa shape index (κ1) is 27.9. The number of guanidine groups is 1. The second kappa shape index (κ2) is 17.2. The van der Waals surface area contributed by atoms with Crippen LogP contribution in [0.3, 0.4) is 0 Å². The van der Waals surface area contributed by atoms with E-state index in [4.69, 9.17) is 28.7 Å². The molecule has 0 saturated heterocycles. The molecule has 1 aromatic rings. The number of rotatable bonds is 15. The Hall–Kier alpha value is -1.30. The Balaban J connectivity index is 0.00000385. The highest BCUT2D eigenvalue weighted by Crippen LogP contribution is 2.32. The molecule has 2 N–H and O–H groups in total. The van der Waals surface area contributed by atoms with E-state index in [0.29, 0.717) is 33.0 Å². The van der Waals surface area contributed by atoms with E-state index in [0.717, 1.165) is 81.1 Å². The van der Waals surface area contributed by atoms with E-state index >= 15 is 0 Å². The Labute approximate surface area is 215 Å². The highest BCUT2D eigenvalue weighted by atomic mass is 127. The molecule has 1 aliphatic heterocycles. The number of nitrogens with zero attached hydrogens (tertiary/aromatic N) is 1. The van der Waals surface area contributed by atoms with Gasteiger partial charge < -0.3 is 34.3 Å². The van der Waals surface area contributed by atoms with Crippen molar-refractivity contribution in [3.63, 3.8) is 0 Å². The molecule has 1 heterocycles. The maximum Gasteiger partial charge on any atom is 0.195 e. The number of hydrogen-bond acceptors (Lipinski definition) is 6. The molecule has 0 amide bonds. The molecule has 0 radical (unpaired) electrons. The highest BCUT2D eigenvalue weighted by Gasteiger charge is 2.20. The van der Waals surface area contributed by atoms with Gasteiger partial charge in [-0.05, 0) is 50.2 Å². The minimum absolute atomic E-state index is 0. The van der Waals surface area contributed by atoms with Crippen molar-refractivity contribution < 1.29 is 23.7 Å². The third kappa shape index (κ3) is 12.1. The van der Waals surface area contributed by atoms with Crippen LogP contribution in [0.2, 0.25) is 0 Å². The van der Waals surface area contributed by atoms with Crippen LogP contribution in [0.4, 0.5) is 5.69 Å². The molecule has 1 fully saturated rings. The summed E-state index contributed by atoms with van der Waals surface area (Å²) >= 11 is 0. The SMILES string of the molecule is COCCOCCCCNC(=NCCCOCC1CC1)Nc1ccc2c(c1)OCCCO2.I. The number of methoxy groups -OCH3 is 1. The highest BCUT2D eigenvalue weighted by molar-refractivity contribution is 14.0. The molecule has 9 heteroatoms. The van der Waals surface area contributed by atoms with Crippen LogP contribution in [-0.4, -0.2) is 72.4 Å². The number of ether oxygens (including phenoxy) is 5. The van der Waals surface area contributed by atoms with Crippen LogP contribution in [0, 0.1) is 5.92 Å². The van der Waals surface area contributed by atoms with Gasteiger partial charge in [0.25, 0.3) is 0 Å². The smallest absolute Gasteiger partial charge is 0.195 e. The summed E-state index contributed by atoms with van der Waals surface area (Å²) in [4.78, 5) is 4.73. The number of hydrogen-bond donors (Lipinski definition) is 2. The van der Waals surface area contributed by atoms with Crippen molar-refractivity contribution in [2.75, 3.05) is 71.8 Å². The average molecular weight is 578 g/mol. The first-order valence-corrected chi connectivity index (χ1v) is 11.9. The number of fused-ring (bicyclic) bond motifs is 1. The second-order valence-electron chi connectivity index (χ2n) is 8.18. The molecule has 1 saturated carbocycles. The van der Waals surface area contributed by atoms with Crippen molar-refractivity contribution in [2.45, 2.75) is 38.5 Å². The van der Waals surface area contributed by atoms with Crippen LogP contribution < -0.4 is 20.1 Å². The third-order valence-electron chi connectivity index (χ3n) is 5.22. The molecule has 3 rings (SSSR count). The summed E-state index contributed by atoms with van der Waals surface area (Å²) in [6, 6.07) is 5.91. The summed E-state index contributed by atoms with van der Waals surface area (Å²) in [6.07, 6.45) is 6.44. The fourth-order valence-electron chi connectivity index (χ4n) is 3.19. The van der Waals surface area contributed by atoms with E-state index in [-0.39, 0.29) is 24.0 Å². The summed E-state index contributed by atoms with van der Waals surface area (Å²) in [7, 11) is 1.68. The average Bonchev–Trinajstić information content (AvgIpc) is 3.64. The summed E-state index contributed by atoms with van der Waals surface area (Å²) in [5.41, 5.74) is 0.924. The molecule has 1 aliphatic carbocycles. The van der Waals surface area contributed by atoms with Crippen molar-refractivity contribution in [3.8, 4) is 11.5 Å². The van der Waals surface area contributed by atoms with Gasteiger partial charge >= 0.3 is 0 Å². The van der Waals surface area contributed by atoms with E-state index < -0.39 is 0 Å². The topological polar surface area (TPSA) is 82.6 Å². The molecule has 0 atom stereocenters. The van der Waals surface area contributed by atoms with Gasteiger partial charge in [0.1, 0.15) is 0 Å². The van der Waals surface area contributed by atoms with Gasteiger partial charge in [-0.2, -0.15) is 0 Å². The van der Waals surface area contributed by atoms with Crippen LogP contribution >= 0.6 is 24.0 Å². The largest absolute Gasteiger partial charge is 0.490 e. The van der Waals surface area contributed by atoms with Crippen LogP contribution in [-0.2, 0) is 14.2 Å². The zero-order valence-electron chi connectivity index (χ0n) is 19.8. The van der Waals surface area contributed by atoms with Gasteiger partial charge in [0, 0.05) is 58.2 Å². The Morgan fingerprint density at radius 1 is 1.00 bits per heavy atom. The lowest BCUT2D eigenvalue weighted by atomic mass is 10.2. The van der Waals surface area contributed by atoms with Gasteiger partial charge in [0.05, 0.1) is 26.4 Å². The first-order valence-electron chi connectivity index (χ1n) is 11.9. The van der Waals surface area contributed by atoms with Crippen LogP contribution in [0.25, 0.3) is 0 Å². The normalized spacial score (nSPS) is 15.5. The van der Waals surface area contributed by atoms with E-state index in [2.05, 4.69) is 10.6 Å². The van der Waals surface area contributed by atoms with Crippen LogP contribution in [0.15, 0.2) is 23.2 Å². The van der Waals surface area contributed by atoms with Crippen molar-refractivity contribution >= 4 is 35.6 Å². The molecule has 0 unspecified atom stereocenters. The van der Waals surface area contributed by atoms with Crippen LogP contribution in [0.1, 0.15) is 38.5 Å². The van der Waals surface area contributed by atoms with Gasteiger partial charge in [0.2, 0.25) is 0 Å². The number of halogens is 1. The van der Waals surface area contributed by atoms with E-state index in [1.807, 2.05) is 18.2 Å².